The molecule has 128 valence electrons. The van der Waals surface area contributed by atoms with Crippen molar-refractivity contribution in [3.8, 4) is 5.75 Å². The molecule has 0 saturated carbocycles. The monoisotopic (exact) mass is 352 g/mol. The van der Waals surface area contributed by atoms with Crippen molar-refractivity contribution < 1.29 is 4.74 Å². The summed E-state index contributed by atoms with van der Waals surface area (Å²) in [6.45, 7) is 4.02. The highest BCUT2D eigenvalue weighted by atomic mass is 32.2. The van der Waals surface area contributed by atoms with Gasteiger partial charge in [0.15, 0.2) is 0 Å². The summed E-state index contributed by atoms with van der Waals surface area (Å²) >= 11 is 1.61. The van der Waals surface area contributed by atoms with E-state index in [2.05, 4.69) is 27.4 Å². The highest BCUT2D eigenvalue weighted by Crippen LogP contribution is 2.20. The highest BCUT2D eigenvalue weighted by Gasteiger charge is 2.04. The van der Waals surface area contributed by atoms with Gasteiger partial charge in [0.25, 0.3) is 0 Å². The van der Waals surface area contributed by atoms with E-state index in [0.29, 0.717) is 0 Å². The van der Waals surface area contributed by atoms with Gasteiger partial charge in [0.1, 0.15) is 12.1 Å². The van der Waals surface area contributed by atoms with Crippen LogP contribution in [0.25, 0.3) is 0 Å². The molecule has 0 saturated heterocycles. The van der Waals surface area contributed by atoms with Crippen LogP contribution in [0.4, 0.5) is 0 Å². The van der Waals surface area contributed by atoms with Gasteiger partial charge in [-0.3, -0.25) is 0 Å². The zero-order valence-corrected chi connectivity index (χ0v) is 15.1. The molecule has 0 atom stereocenters. The SMILES string of the molecule is CC(C)Oc1ccc(/C=N/n2cnnc2SCc2ccccc2)cc1. The lowest BCUT2D eigenvalue weighted by molar-refractivity contribution is 0.242. The molecule has 6 heteroatoms. The molecule has 0 aliphatic carbocycles. The molecular formula is C19H20N4OS. The minimum absolute atomic E-state index is 0.167. The van der Waals surface area contributed by atoms with Crippen molar-refractivity contribution in [1.82, 2.24) is 14.9 Å². The largest absolute Gasteiger partial charge is 0.491 e. The van der Waals surface area contributed by atoms with Gasteiger partial charge >= 0.3 is 0 Å². The Morgan fingerprint density at radius 3 is 2.60 bits per heavy atom. The van der Waals surface area contributed by atoms with E-state index in [9.17, 15) is 0 Å². The summed E-state index contributed by atoms with van der Waals surface area (Å²) < 4.78 is 7.33. The Morgan fingerprint density at radius 1 is 1.12 bits per heavy atom. The summed E-state index contributed by atoms with van der Waals surface area (Å²) in [5.74, 6) is 1.69. The number of aromatic nitrogens is 3. The number of rotatable bonds is 7. The summed E-state index contributed by atoms with van der Waals surface area (Å²) in [5, 5.41) is 13.3. The van der Waals surface area contributed by atoms with Crippen LogP contribution in [0, 0.1) is 0 Å². The average molecular weight is 352 g/mol. The number of hydrogen-bond donors (Lipinski definition) is 0. The number of hydrogen-bond acceptors (Lipinski definition) is 5. The van der Waals surface area contributed by atoms with E-state index in [4.69, 9.17) is 4.74 Å². The molecule has 0 bridgehead atoms. The lowest BCUT2D eigenvalue weighted by Crippen LogP contribution is -2.05. The van der Waals surface area contributed by atoms with Crippen molar-refractivity contribution in [2.24, 2.45) is 5.10 Å². The first-order valence-electron chi connectivity index (χ1n) is 8.08. The molecule has 3 aromatic rings. The minimum Gasteiger partial charge on any atom is -0.491 e. The summed E-state index contributed by atoms with van der Waals surface area (Å²) in [5.41, 5.74) is 2.23. The van der Waals surface area contributed by atoms with Crippen molar-refractivity contribution in [1.29, 1.82) is 0 Å². The molecule has 0 aliphatic rings. The standard InChI is InChI=1S/C19H20N4OS/c1-15(2)24-18-10-8-16(9-11-18)12-21-23-14-20-22-19(23)25-13-17-6-4-3-5-7-17/h3-12,14-15H,13H2,1-2H3/b21-12+. The molecule has 1 heterocycles. The molecule has 25 heavy (non-hydrogen) atoms. The van der Waals surface area contributed by atoms with Gasteiger partial charge in [0, 0.05) is 5.75 Å². The number of nitrogens with zero attached hydrogens (tertiary/aromatic N) is 4. The van der Waals surface area contributed by atoms with Crippen LogP contribution in [0.2, 0.25) is 0 Å². The van der Waals surface area contributed by atoms with E-state index in [1.807, 2.05) is 56.3 Å². The van der Waals surface area contributed by atoms with Gasteiger partial charge in [-0.05, 0) is 49.2 Å². The minimum atomic E-state index is 0.167. The second-order valence-electron chi connectivity index (χ2n) is 5.71. The number of thioether (sulfide) groups is 1. The van der Waals surface area contributed by atoms with Gasteiger partial charge in [-0.15, -0.1) is 10.2 Å². The summed E-state index contributed by atoms with van der Waals surface area (Å²) in [4.78, 5) is 0. The van der Waals surface area contributed by atoms with Gasteiger partial charge in [0.05, 0.1) is 12.3 Å². The van der Waals surface area contributed by atoms with E-state index in [-0.39, 0.29) is 6.10 Å². The first kappa shape index (κ1) is 17.2. The van der Waals surface area contributed by atoms with E-state index >= 15 is 0 Å². The molecule has 3 rings (SSSR count). The van der Waals surface area contributed by atoms with Gasteiger partial charge in [-0.25, -0.2) is 0 Å². The third-order valence-electron chi connectivity index (χ3n) is 3.29. The summed E-state index contributed by atoms with van der Waals surface area (Å²) in [6, 6.07) is 18.1. The Kier molecular flexibility index (Phi) is 5.85. The van der Waals surface area contributed by atoms with Crippen LogP contribution in [0.15, 0.2) is 71.2 Å². The molecule has 0 N–H and O–H groups in total. The summed E-state index contributed by atoms with van der Waals surface area (Å²) in [7, 11) is 0. The Morgan fingerprint density at radius 2 is 1.88 bits per heavy atom. The lowest BCUT2D eigenvalue weighted by atomic mass is 10.2. The van der Waals surface area contributed by atoms with E-state index in [1.54, 1.807) is 29.0 Å². The quantitative estimate of drug-likeness (QED) is 0.471. The number of ether oxygens (including phenoxy) is 1. The fraction of sp³-hybridized carbons (Fsp3) is 0.211. The van der Waals surface area contributed by atoms with Gasteiger partial charge < -0.3 is 4.74 Å². The first-order valence-corrected chi connectivity index (χ1v) is 9.07. The van der Waals surface area contributed by atoms with Gasteiger partial charge in [0.2, 0.25) is 5.16 Å². The molecule has 0 amide bonds. The third-order valence-corrected chi connectivity index (χ3v) is 4.30. The Hall–Kier alpha value is -2.60. The second kappa shape index (κ2) is 8.48. The van der Waals surface area contributed by atoms with Crippen molar-refractivity contribution >= 4 is 18.0 Å². The molecule has 0 unspecified atom stereocenters. The van der Waals surface area contributed by atoms with Crippen LogP contribution in [0.1, 0.15) is 25.0 Å². The van der Waals surface area contributed by atoms with E-state index in [0.717, 1.165) is 22.2 Å². The van der Waals surface area contributed by atoms with Crippen LogP contribution in [-0.2, 0) is 5.75 Å². The average Bonchev–Trinajstić information content (AvgIpc) is 3.07. The van der Waals surface area contributed by atoms with Crippen molar-refractivity contribution in [2.45, 2.75) is 30.9 Å². The topological polar surface area (TPSA) is 52.3 Å². The zero-order chi connectivity index (χ0) is 17.5. The van der Waals surface area contributed by atoms with Crippen molar-refractivity contribution in [3.05, 3.63) is 72.1 Å². The smallest absolute Gasteiger partial charge is 0.212 e. The predicted octanol–water partition coefficient (Wildman–Crippen LogP) is 4.24. The van der Waals surface area contributed by atoms with Crippen LogP contribution >= 0.6 is 11.8 Å². The fourth-order valence-electron chi connectivity index (χ4n) is 2.15. The van der Waals surface area contributed by atoms with Crippen LogP contribution in [0.3, 0.4) is 0 Å². The molecule has 0 fully saturated rings. The zero-order valence-electron chi connectivity index (χ0n) is 14.2. The summed E-state index contributed by atoms with van der Waals surface area (Å²) in [6.07, 6.45) is 3.57. The van der Waals surface area contributed by atoms with Crippen LogP contribution in [0.5, 0.6) is 5.75 Å². The Balaban J connectivity index is 1.63. The number of benzene rings is 2. The Bertz CT molecular complexity index is 813. The molecular weight excluding hydrogens is 332 g/mol. The Labute approximate surface area is 151 Å². The molecule has 0 spiro atoms. The second-order valence-corrected chi connectivity index (χ2v) is 6.66. The van der Waals surface area contributed by atoms with E-state index in [1.165, 1.54) is 5.56 Å². The molecule has 1 aromatic heterocycles. The maximum atomic E-state index is 5.64. The molecule has 0 aliphatic heterocycles. The van der Waals surface area contributed by atoms with Crippen molar-refractivity contribution in [3.63, 3.8) is 0 Å². The van der Waals surface area contributed by atoms with Crippen LogP contribution in [-0.4, -0.2) is 27.2 Å². The molecule has 2 aromatic carbocycles. The van der Waals surface area contributed by atoms with Crippen molar-refractivity contribution in [2.75, 3.05) is 0 Å². The lowest BCUT2D eigenvalue weighted by Gasteiger charge is -2.09. The normalized spacial score (nSPS) is 11.3. The maximum absolute atomic E-state index is 5.64. The third kappa shape index (κ3) is 5.19. The maximum Gasteiger partial charge on any atom is 0.212 e. The van der Waals surface area contributed by atoms with Gasteiger partial charge in [-0.2, -0.15) is 9.78 Å². The molecule has 0 radical (unpaired) electrons. The molecule has 5 nitrogen and oxygen atoms in total. The highest BCUT2D eigenvalue weighted by molar-refractivity contribution is 7.98. The first-order chi connectivity index (χ1) is 12.2. The predicted molar refractivity (Wildman–Crippen MR) is 101 cm³/mol. The van der Waals surface area contributed by atoms with Gasteiger partial charge in [-0.1, -0.05) is 42.1 Å². The fourth-order valence-corrected chi connectivity index (χ4v) is 2.97. The van der Waals surface area contributed by atoms with Crippen LogP contribution < -0.4 is 4.74 Å². The van der Waals surface area contributed by atoms with E-state index < -0.39 is 0 Å².